The van der Waals surface area contributed by atoms with Crippen molar-refractivity contribution in [2.75, 3.05) is 5.32 Å². The SMILES string of the molecule is Cc1ccc(C(=O)NC(=NCc2cccnc2)Nc2ccccc2)cc1. The van der Waals surface area contributed by atoms with Gasteiger partial charge in [0.2, 0.25) is 5.96 Å². The molecule has 5 heteroatoms. The van der Waals surface area contributed by atoms with E-state index in [1.165, 1.54) is 0 Å². The van der Waals surface area contributed by atoms with Crippen LogP contribution >= 0.6 is 0 Å². The van der Waals surface area contributed by atoms with Crippen molar-refractivity contribution in [1.29, 1.82) is 0 Å². The van der Waals surface area contributed by atoms with Crippen LogP contribution in [0.3, 0.4) is 0 Å². The predicted octanol–water partition coefficient (Wildman–Crippen LogP) is 3.79. The number of carbonyl (C=O) groups is 1. The normalized spacial score (nSPS) is 11.0. The van der Waals surface area contributed by atoms with Crippen LogP contribution in [0.5, 0.6) is 0 Å². The molecule has 26 heavy (non-hydrogen) atoms. The molecule has 0 aliphatic heterocycles. The number of nitrogens with one attached hydrogen (secondary N) is 2. The van der Waals surface area contributed by atoms with Crippen LogP contribution in [-0.2, 0) is 6.54 Å². The molecule has 1 aromatic heterocycles. The number of nitrogens with zero attached hydrogens (tertiary/aromatic N) is 2. The highest BCUT2D eigenvalue weighted by Gasteiger charge is 2.09. The third kappa shape index (κ3) is 5.01. The van der Waals surface area contributed by atoms with E-state index < -0.39 is 0 Å². The first-order valence-electron chi connectivity index (χ1n) is 8.34. The third-order valence-electron chi connectivity index (χ3n) is 3.72. The molecule has 1 amide bonds. The maximum Gasteiger partial charge on any atom is 0.257 e. The van der Waals surface area contributed by atoms with Gasteiger partial charge in [0.1, 0.15) is 0 Å². The minimum atomic E-state index is -0.210. The van der Waals surface area contributed by atoms with Gasteiger partial charge in [-0.25, -0.2) is 4.99 Å². The van der Waals surface area contributed by atoms with Crippen molar-refractivity contribution in [3.05, 3.63) is 95.8 Å². The number of anilines is 1. The fourth-order valence-corrected chi connectivity index (χ4v) is 2.32. The number of guanidine groups is 1. The predicted molar refractivity (Wildman–Crippen MR) is 104 cm³/mol. The van der Waals surface area contributed by atoms with Gasteiger partial charge >= 0.3 is 0 Å². The number of carbonyl (C=O) groups excluding carboxylic acids is 1. The number of hydrogen-bond donors (Lipinski definition) is 2. The summed E-state index contributed by atoms with van der Waals surface area (Å²) in [5, 5.41) is 6.01. The number of pyridine rings is 1. The molecule has 0 aliphatic rings. The lowest BCUT2D eigenvalue weighted by Crippen LogP contribution is -2.36. The van der Waals surface area contributed by atoms with Crippen molar-refractivity contribution >= 4 is 17.6 Å². The summed E-state index contributed by atoms with van der Waals surface area (Å²) in [6.07, 6.45) is 3.47. The number of rotatable bonds is 4. The summed E-state index contributed by atoms with van der Waals surface area (Å²) in [5.41, 5.74) is 3.50. The van der Waals surface area contributed by atoms with Crippen LogP contribution in [0.1, 0.15) is 21.5 Å². The zero-order chi connectivity index (χ0) is 18.2. The molecule has 1 heterocycles. The van der Waals surface area contributed by atoms with Gasteiger partial charge in [-0.3, -0.25) is 15.1 Å². The molecule has 130 valence electrons. The van der Waals surface area contributed by atoms with E-state index in [2.05, 4.69) is 20.6 Å². The first-order chi connectivity index (χ1) is 12.7. The number of benzene rings is 2. The maximum absolute atomic E-state index is 12.5. The molecule has 2 N–H and O–H groups in total. The van der Waals surface area contributed by atoms with Crippen molar-refractivity contribution in [2.45, 2.75) is 13.5 Å². The fraction of sp³-hybridized carbons (Fsp3) is 0.0952. The highest BCUT2D eigenvalue weighted by atomic mass is 16.1. The van der Waals surface area contributed by atoms with Crippen LogP contribution in [0, 0.1) is 6.92 Å². The molecule has 0 saturated carbocycles. The number of hydrogen-bond acceptors (Lipinski definition) is 3. The number of amides is 1. The summed E-state index contributed by atoms with van der Waals surface area (Å²) >= 11 is 0. The lowest BCUT2D eigenvalue weighted by molar-refractivity contribution is 0.0977. The molecule has 0 saturated heterocycles. The Labute approximate surface area is 152 Å². The molecule has 0 fully saturated rings. The Kier molecular flexibility index (Phi) is 5.72. The molecule has 0 radical (unpaired) electrons. The molecule has 0 atom stereocenters. The molecule has 0 unspecified atom stereocenters. The van der Waals surface area contributed by atoms with E-state index in [9.17, 15) is 4.79 Å². The van der Waals surface area contributed by atoms with Gasteiger partial charge in [0.05, 0.1) is 6.54 Å². The third-order valence-corrected chi connectivity index (χ3v) is 3.72. The molecule has 3 rings (SSSR count). The zero-order valence-corrected chi connectivity index (χ0v) is 14.5. The van der Waals surface area contributed by atoms with Crippen LogP contribution in [0.25, 0.3) is 0 Å². The second kappa shape index (κ2) is 8.58. The van der Waals surface area contributed by atoms with Crippen molar-refractivity contribution in [1.82, 2.24) is 10.3 Å². The van der Waals surface area contributed by atoms with Gasteiger partial charge in [-0.1, -0.05) is 42.0 Å². The second-order valence-corrected chi connectivity index (χ2v) is 5.84. The average Bonchev–Trinajstić information content (AvgIpc) is 2.68. The van der Waals surface area contributed by atoms with Crippen molar-refractivity contribution in [2.24, 2.45) is 4.99 Å². The Balaban J connectivity index is 1.77. The molecule has 0 spiro atoms. The summed E-state index contributed by atoms with van der Waals surface area (Å²) in [6, 6.07) is 20.8. The topological polar surface area (TPSA) is 66.4 Å². The second-order valence-electron chi connectivity index (χ2n) is 5.84. The van der Waals surface area contributed by atoms with E-state index in [0.29, 0.717) is 18.1 Å². The number of aliphatic imine (C=N–C) groups is 1. The fourth-order valence-electron chi connectivity index (χ4n) is 2.32. The first kappa shape index (κ1) is 17.4. The van der Waals surface area contributed by atoms with Gasteiger partial charge in [0.25, 0.3) is 5.91 Å². The van der Waals surface area contributed by atoms with E-state index in [1.807, 2.05) is 61.5 Å². The molecule has 5 nitrogen and oxygen atoms in total. The zero-order valence-electron chi connectivity index (χ0n) is 14.5. The average molecular weight is 344 g/mol. The minimum absolute atomic E-state index is 0.210. The summed E-state index contributed by atoms with van der Waals surface area (Å²) < 4.78 is 0. The van der Waals surface area contributed by atoms with Gasteiger partial charge in [0, 0.05) is 23.6 Å². The first-order valence-corrected chi connectivity index (χ1v) is 8.34. The molecular formula is C21H20N4O. The number of aromatic nitrogens is 1. The van der Waals surface area contributed by atoms with Gasteiger partial charge < -0.3 is 5.32 Å². The summed E-state index contributed by atoms with van der Waals surface area (Å²) in [7, 11) is 0. The molecule has 0 bridgehead atoms. The Morgan fingerprint density at radius 2 is 1.77 bits per heavy atom. The van der Waals surface area contributed by atoms with Crippen molar-refractivity contribution in [3.8, 4) is 0 Å². The summed E-state index contributed by atoms with van der Waals surface area (Å²) in [6.45, 7) is 2.40. The minimum Gasteiger partial charge on any atom is -0.326 e. The highest BCUT2D eigenvalue weighted by Crippen LogP contribution is 2.07. The molecular weight excluding hydrogens is 324 g/mol. The highest BCUT2D eigenvalue weighted by molar-refractivity contribution is 6.09. The Morgan fingerprint density at radius 1 is 1.00 bits per heavy atom. The van der Waals surface area contributed by atoms with E-state index in [1.54, 1.807) is 24.5 Å². The van der Waals surface area contributed by atoms with E-state index >= 15 is 0 Å². The van der Waals surface area contributed by atoms with E-state index in [-0.39, 0.29) is 5.91 Å². The van der Waals surface area contributed by atoms with E-state index in [4.69, 9.17) is 0 Å². The van der Waals surface area contributed by atoms with Gasteiger partial charge in [-0.15, -0.1) is 0 Å². The molecule has 2 aromatic carbocycles. The lowest BCUT2D eigenvalue weighted by Gasteiger charge is -2.12. The summed E-state index contributed by atoms with van der Waals surface area (Å²) in [4.78, 5) is 21.1. The van der Waals surface area contributed by atoms with Crippen LogP contribution in [0.4, 0.5) is 5.69 Å². The van der Waals surface area contributed by atoms with E-state index in [0.717, 1.165) is 16.8 Å². The van der Waals surface area contributed by atoms with Crippen LogP contribution in [0.2, 0.25) is 0 Å². The Bertz CT molecular complexity index is 875. The maximum atomic E-state index is 12.5. The summed E-state index contributed by atoms with van der Waals surface area (Å²) in [5.74, 6) is 0.184. The quantitative estimate of drug-likeness (QED) is 0.559. The van der Waals surface area contributed by atoms with Gasteiger partial charge in [-0.2, -0.15) is 0 Å². The lowest BCUT2D eigenvalue weighted by atomic mass is 10.1. The Hall–Kier alpha value is -3.47. The Morgan fingerprint density at radius 3 is 2.46 bits per heavy atom. The largest absolute Gasteiger partial charge is 0.326 e. The van der Waals surface area contributed by atoms with Crippen molar-refractivity contribution < 1.29 is 4.79 Å². The van der Waals surface area contributed by atoms with Crippen LogP contribution in [-0.4, -0.2) is 16.9 Å². The monoisotopic (exact) mass is 344 g/mol. The van der Waals surface area contributed by atoms with Crippen molar-refractivity contribution in [3.63, 3.8) is 0 Å². The van der Waals surface area contributed by atoms with Crippen LogP contribution in [0.15, 0.2) is 84.1 Å². The standard InChI is InChI=1S/C21H20N4O/c1-16-9-11-18(12-10-16)20(26)25-21(24-19-7-3-2-4-8-19)23-15-17-6-5-13-22-14-17/h2-14H,15H2,1H3,(H2,23,24,25,26). The van der Waals surface area contributed by atoms with Gasteiger partial charge in [0.15, 0.2) is 0 Å². The molecule has 3 aromatic rings. The number of para-hydroxylation sites is 1. The molecule has 0 aliphatic carbocycles. The smallest absolute Gasteiger partial charge is 0.257 e. The number of aryl methyl sites for hydroxylation is 1. The van der Waals surface area contributed by atoms with Gasteiger partial charge in [-0.05, 0) is 42.8 Å². The van der Waals surface area contributed by atoms with Crippen LogP contribution < -0.4 is 10.6 Å².